The van der Waals surface area contributed by atoms with Crippen molar-refractivity contribution in [3.63, 3.8) is 0 Å². The summed E-state index contributed by atoms with van der Waals surface area (Å²) in [5.74, 6) is 0. The van der Waals surface area contributed by atoms with Crippen molar-refractivity contribution < 1.29 is 4.92 Å². The molecule has 0 amide bonds. The Hall–Kier alpha value is -1.38. The second-order valence-corrected chi connectivity index (χ2v) is 2.21. The van der Waals surface area contributed by atoms with Gasteiger partial charge in [0.05, 0.1) is 4.92 Å². The van der Waals surface area contributed by atoms with Crippen molar-refractivity contribution in [2.45, 2.75) is 34.1 Å². The maximum Gasteiger partial charge on any atom is 0.272 e. The molecule has 0 aromatic rings. The molecule has 3 heteroatoms. The van der Waals surface area contributed by atoms with Gasteiger partial charge in [-0.3, -0.25) is 10.1 Å². The highest BCUT2D eigenvalue weighted by atomic mass is 16.6. The summed E-state index contributed by atoms with van der Waals surface area (Å²) in [6.07, 6.45) is 5.26. The summed E-state index contributed by atoms with van der Waals surface area (Å²) in [6.45, 7) is 11.1. The van der Waals surface area contributed by atoms with E-state index in [0.717, 1.165) is 5.57 Å². The number of hydrogen-bond donors (Lipinski definition) is 0. The number of rotatable bonds is 4. The van der Waals surface area contributed by atoms with Gasteiger partial charge in [-0.2, -0.15) is 0 Å². The molecule has 0 aromatic heterocycles. The van der Waals surface area contributed by atoms with Gasteiger partial charge in [-0.25, -0.2) is 0 Å². The predicted molar refractivity (Wildman–Crippen MR) is 60.7 cm³/mol. The summed E-state index contributed by atoms with van der Waals surface area (Å²) < 4.78 is 0. The molecule has 0 saturated carbocycles. The molecular weight excluding hydrogens is 178 g/mol. The Morgan fingerprint density at radius 1 is 1.50 bits per heavy atom. The molecule has 0 fully saturated rings. The Kier molecular flexibility index (Phi) is 10.5. The minimum Gasteiger partial charge on any atom is -0.258 e. The monoisotopic (exact) mass is 197 g/mol. The summed E-state index contributed by atoms with van der Waals surface area (Å²) in [4.78, 5) is 10.1. The summed E-state index contributed by atoms with van der Waals surface area (Å²) in [7, 11) is 0. The molecule has 3 nitrogen and oxygen atoms in total. The molecule has 0 aliphatic heterocycles. The van der Waals surface area contributed by atoms with Crippen LogP contribution in [-0.4, -0.2) is 4.92 Å². The van der Waals surface area contributed by atoms with Crippen molar-refractivity contribution in [3.05, 3.63) is 46.2 Å². The van der Waals surface area contributed by atoms with Crippen LogP contribution < -0.4 is 0 Å². The Morgan fingerprint density at radius 3 is 2.21 bits per heavy atom. The molecule has 14 heavy (non-hydrogen) atoms. The van der Waals surface area contributed by atoms with Gasteiger partial charge in [0.1, 0.15) is 0 Å². The molecule has 0 aliphatic rings. The lowest BCUT2D eigenvalue weighted by Gasteiger charge is -1.98. The van der Waals surface area contributed by atoms with Crippen LogP contribution in [0, 0.1) is 10.1 Å². The van der Waals surface area contributed by atoms with Crippen molar-refractivity contribution in [3.8, 4) is 0 Å². The summed E-state index contributed by atoms with van der Waals surface area (Å²) >= 11 is 0. The highest BCUT2D eigenvalue weighted by molar-refractivity contribution is 5.26. The molecule has 0 heterocycles. The lowest BCUT2D eigenvalue weighted by molar-refractivity contribution is -0.421. The molecule has 0 rings (SSSR count). The van der Waals surface area contributed by atoms with E-state index in [9.17, 15) is 10.1 Å². The molecule has 0 radical (unpaired) electrons. The average molecular weight is 197 g/mol. The van der Waals surface area contributed by atoms with Crippen LogP contribution in [-0.2, 0) is 0 Å². The molecule has 0 atom stereocenters. The quantitative estimate of drug-likeness (QED) is 0.391. The Bertz CT molecular complexity index is 240. The standard InChI is InChI=1S/C9H13NO2.C2H6/c1-4-7-9(10(11)12)8(5-2)6-3;1-2/h4-5,7H,1,6H2,2-3H3;1-2H3/b8-5-,9-7+;. The molecule has 0 unspecified atom stereocenters. The number of allylic oxidation sites excluding steroid dienone is 4. The summed E-state index contributed by atoms with van der Waals surface area (Å²) in [5.41, 5.74) is 0.870. The van der Waals surface area contributed by atoms with Gasteiger partial charge in [0, 0.05) is 11.6 Å². The average Bonchev–Trinajstić information content (AvgIpc) is 2.21. The van der Waals surface area contributed by atoms with Crippen LogP contribution in [0.2, 0.25) is 0 Å². The van der Waals surface area contributed by atoms with E-state index in [1.807, 2.05) is 20.8 Å². The van der Waals surface area contributed by atoms with Crippen molar-refractivity contribution in [2.75, 3.05) is 0 Å². The van der Waals surface area contributed by atoms with E-state index in [1.54, 1.807) is 13.0 Å². The van der Waals surface area contributed by atoms with Gasteiger partial charge >= 0.3 is 0 Å². The Balaban J connectivity index is 0. The van der Waals surface area contributed by atoms with Crippen LogP contribution in [0.25, 0.3) is 0 Å². The summed E-state index contributed by atoms with van der Waals surface area (Å²) in [6, 6.07) is 0. The van der Waals surface area contributed by atoms with Gasteiger partial charge in [-0.1, -0.05) is 39.5 Å². The minimum absolute atomic E-state index is 0.134. The van der Waals surface area contributed by atoms with Gasteiger partial charge in [0.25, 0.3) is 5.70 Å². The minimum atomic E-state index is -0.388. The van der Waals surface area contributed by atoms with Gasteiger partial charge < -0.3 is 0 Å². The largest absolute Gasteiger partial charge is 0.272 e. The molecule has 0 N–H and O–H groups in total. The van der Waals surface area contributed by atoms with Gasteiger partial charge in [0.2, 0.25) is 0 Å². The number of hydrogen-bond acceptors (Lipinski definition) is 2. The summed E-state index contributed by atoms with van der Waals surface area (Å²) in [5, 5.41) is 10.5. The lowest BCUT2D eigenvalue weighted by atomic mass is 10.1. The van der Waals surface area contributed by atoms with E-state index < -0.39 is 0 Å². The first-order chi connectivity index (χ1) is 6.67. The van der Waals surface area contributed by atoms with Crippen molar-refractivity contribution >= 4 is 0 Å². The molecule has 0 aliphatic carbocycles. The highest BCUT2D eigenvalue weighted by Crippen LogP contribution is 2.13. The van der Waals surface area contributed by atoms with Crippen molar-refractivity contribution in [2.24, 2.45) is 0 Å². The first-order valence-corrected chi connectivity index (χ1v) is 4.80. The zero-order valence-corrected chi connectivity index (χ0v) is 9.41. The third-order valence-corrected chi connectivity index (χ3v) is 1.53. The molecular formula is C11H19NO2. The molecule has 0 saturated heterocycles. The smallest absolute Gasteiger partial charge is 0.258 e. The molecule has 0 spiro atoms. The van der Waals surface area contributed by atoms with E-state index in [2.05, 4.69) is 6.58 Å². The van der Waals surface area contributed by atoms with Crippen LogP contribution in [0.5, 0.6) is 0 Å². The van der Waals surface area contributed by atoms with Crippen LogP contribution in [0.4, 0.5) is 0 Å². The topological polar surface area (TPSA) is 43.1 Å². The molecule has 80 valence electrons. The van der Waals surface area contributed by atoms with Crippen LogP contribution in [0.15, 0.2) is 36.1 Å². The third kappa shape index (κ3) is 5.30. The van der Waals surface area contributed by atoms with Crippen LogP contribution >= 0.6 is 0 Å². The lowest BCUT2D eigenvalue weighted by Crippen LogP contribution is -2.01. The van der Waals surface area contributed by atoms with Gasteiger partial charge in [0.15, 0.2) is 0 Å². The predicted octanol–water partition coefficient (Wildman–Crippen LogP) is 3.72. The van der Waals surface area contributed by atoms with E-state index in [0.29, 0.717) is 6.42 Å². The van der Waals surface area contributed by atoms with E-state index in [4.69, 9.17) is 0 Å². The Labute approximate surface area is 86.0 Å². The van der Waals surface area contributed by atoms with Gasteiger partial charge in [-0.15, -0.1) is 0 Å². The normalized spacial score (nSPS) is 11.4. The fourth-order valence-corrected chi connectivity index (χ4v) is 0.930. The first-order valence-electron chi connectivity index (χ1n) is 4.80. The fraction of sp³-hybridized carbons (Fsp3) is 0.455. The first kappa shape index (κ1) is 15.1. The highest BCUT2D eigenvalue weighted by Gasteiger charge is 2.12. The molecule has 0 bridgehead atoms. The van der Waals surface area contributed by atoms with Crippen LogP contribution in [0.1, 0.15) is 34.1 Å². The van der Waals surface area contributed by atoms with Gasteiger partial charge in [-0.05, 0) is 13.3 Å². The number of nitrogens with zero attached hydrogens (tertiary/aromatic N) is 1. The maximum absolute atomic E-state index is 10.5. The second kappa shape index (κ2) is 9.71. The van der Waals surface area contributed by atoms with E-state index in [-0.39, 0.29) is 10.6 Å². The molecule has 0 aromatic carbocycles. The zero-order valence-electron chi connectivity index (χ0n) is 9.41. The third-order valence-electron chi connectivity index (χ3n) is 1.53. The Morgan fingerprint density at radius 2 is 2.00 bits per heavy atom. The van der Waals surface area contributed by atoms with E-state index in [1.165, 1.54) is 12.2 Å². The van der Waals surface area contributed by atoms with Crippen molar-refractivity contribution in [1.29, 1.82) is 0 Å². The SMILES string of the molecule is C=C/C=C(\C(=C/C)CC)[N+](=O)[O-].CC. The fourth-order valence-electron chi connectivity index (χ4n) is 0.930. The van der Waals surface area contributed by atoms with Crippen molar-refractivity contribution in [1.82, 2.24) is 0 Å². The maximum atomic E-state index is 10.5. The second-order valence-electron chi connectivity index (χ2n) is 2.21. The van der Waals surface area contributed by atoms with E-state index >= 15 is 0 Å². The zero-order chi connectivity index (χ0) is 11.6. The van der Waals surface area contributed by atoms with Crippen LogP contribution in [0.3, 0.4) is 0 Å². The number of nitro groups is 1.